The van der Waals surface area contributed by atoms with Crippen LogP contribution in [0, 0.1) is 5.82 Å². The summed E-state index contributed by atoms with van der Waals surface area (Å²) in [4.78, 5) is 8.69. The molecule has 1 aliphatic heterocycles. The molecule has 2 aromatic rings. The van der Waals surface area contributed by atoms with E-state index >= 15 is 0 Å². The molecule has 0 spiro atoms. The molecule has 4 nitrogen and oxygen atoms in total. The molecular formula is C13H11BrFN3O. The van der Waals surface area contributed by atoms with Crippen LogP contribution in [0.5, 0.6) is 0 Å². The smallest absolute Gasteiger partial charge is 0.161 e. The summed E-state index contributed by atoms with van der Waals surface area (Å²) in [5.74, 6) is 0.508. The van der Waals surface area contributed by atoms with Gasteiger partial charge in [-0.25, -0.2) is 14.4 Å². The molecular weight excluding hydrogens is 313 g/mol. The van der Waals surface area contributed by atoms with E-state index in [0.717, 1.165) is 11.3 Å². The highest BCUT2D eigenvalue weighted by Gasteiger charge is 2.17. The van der Waals surface area contributed by atoms with Gasteiger partial charge in [-0.2, -0.15) is 0 Å². The van der Waals surface area contributed by atoms with Gasteiger partial charge in [-0.05, 0) is 34.1 Å². The van der Waals surface area contributed by atoms with Crippen molar-refractivity contribution in [2.24, 2.45) is 0 Å². The molecule has 2 heterocycles. The van der Waals surface area contributed by atoms with Crippen molar-refractivity contribution in [2.75, 3.05) is 12.3 Å². The predicted octanol–water partition coefficient (Wildman–Crippen LogP) is 2.70. The van der Waals surface area contributed by atoms with Crippen LogP contribution in [-0.2, 0) is 17.8 Å². The van der Waals surface area contributed by atoms with Crippen molar-refractivity contribution in [3.63, 3.8) is 0 Å². The van der Waals surface area contributed by atoms with Crippen LogP contribution in [0.4, 0.5) is 10.2 Å². The van der Waals surface area contributed by atoms with Gasteiger partial charge in [0.1, 0.15) is 11.6 Å². The Kier molecular flexibility index (Phi) is 3.20. The van der Waals surface area contributed by atoms with Crippen molar-refractivity contribution in [3.8, 4) is 11.4 Å². The Balaban J connectivity index is 2.10. The second-order valence-corrected chi connectivity index (χ2v) is 5.14. The molecule has 1 aromatic heterocycles. The number of hydrogen-bond donors (Lipinski definition) is 1. The first-order chi connectivity index (χ1) is 9.15. The number of rotatable bonds is 1. The van der Waals surface area contributed by atoms with E-state index in [9.17, 15) is 4.39 Å². The molecule has 0 saturated heterocycles. The lowest BCUT2D eigenvalue weighted by atomic mass is 10.1. The van der Waals surface area contributed by atoms with Gasteiger partial charge in [-0.15, -0.1) is 0 Å². The molecule has 1 aromatic carbocycles. The number of halogens is 2. The van der Waals surface area contributed by atoms with Crippen LogP contribution < -0.4 is 5.73 Å². The summed E-state index contributed by atoms with van der Waals surface area (Å²) in [5, 5.41) is 0. The number of nitrogens with two attached hydrogens (primary N) is 1. The largest absolute Gasteiger partial charge is 0.383 e. The van der Waals surface area contributed by atoms with Crippen molar-refractivity contribution in [1.29, 1.82) is 0 Å². The van der Waals surface area contributed by atoms with Crippen molar-refractivity contribution < 1.29 is 9.13 Å². The Bertz CT molecular complexity index is 648. The van der Waals surface area contributed by atoms with Crippen LogP contribution in [0.2, 0.25) is 0 Å². The molecule has 2 N–H and O–H groups in total. The molecule has 1 aliphatic rings. The Morgan fingerprint density at radius 3 is 2.95 bits per heavy atom. The third-order valence-corrected chi connectivity index (χ3v) is 3.68. The zero-order chi connectivity index (χ0) is 13.4. The SMILES string of the molecule is Nc1nc(-c2ccc(Br)c(F)c2)nc2c1COCC2. The highest BCUT2D eigenvalue weighted by molar-refractivity contribution is 9.10. The molecule has 6 heteroatoms. The predicted molar refractivity (Wildman–Crippen MR) is 72.9 cm³/mol. The number of nitrogens with zero attached hydrogens (tertiary/aromatic N) is 2. The van der Waals surface area contributed by atoms with E-state index in [1.165, 1.54) is 6.07 Å². The molecule has 0 saturated carbocycles. The number of benzene rings is 1. The first kappa shape index (κ1) is 12.5. The van der Waals surface area contributed by atoms with Gasteiger partial charge in [-0.1, -0.05) is 0 Å². The fraction of sp³-hybridized carbons (Fsp3) is 0.231. The van der Waals surface area contributed by atoms with E-state index in [1.807, 2.05) is 0 Å². The lowest BCUT2D eigenvalue weighted by molar-refractivity contribution is 0.109. The van der Waals surface area contributed by atoms with E-state index in [0.29, 0.717) is 41.3 Å². The maximum Gasteiger partial charge on any atom is 0.161 e. The summed E-state index contributed by atoms with van der Waals surface area (Å²) in [6, 6.07) is 4.78. The minimum atomic E-state index is -0.347. The van der Waals surface area contributed by atoms with Crippen LogP contribution in [0.3, 0.4) is 0 Å². The van der Waals surface area contributed by atoms with Crippen LogP contribution in [0.15, 0.2) is 22.7 Å². The summed E-state index contributed by atoms with van der Waals surface area (Å²) in [6.45, 7) is 1.06. The Morgan fingerprint density at radius 1 is 1.32 bits per heavy atom. The maximum absolute atomic E-state index is 13.6. The second kappa shape index (κ2) is 4.86. The van der Waals surface area contributed by atoms with E-state index in [-0.39, 0.29) is 5.82 Å². The highest BCUT2D eigenvalue weighted by atomic mass is 79.9. The number of fused-ring (bicyclic) bond motifs is 1. The van der Waals surface area contributed by atoms with Gasteiger partial charge in [-0.3, -0.25) is 0 Å². The number of ether oxygens (including phenoxy) is 1. The van der Waals surface area contributed by atoms with Gasteiger partial charge in [0.15, 0.2) is 5.82 Å². The molecule has 0 radical (unpaired) electrons. The number of nitrogen functional groups attached to an aromatic ring is 1. The molecule has 0 bridgehead atoms. The van der Waals surface area contributed by atoms with Crippen molar-refractivity contribution >= 4 is 21.7 Å². The lowest BCUT2D eigenvalue weighted by Gasteiger charge is -2.17. The monoisotopic (exact) mass is 323 g/mol. The number of anilines is 1. The standard InChI is InChI=1S/C13H11BrFN3O/c14-9-2-1-7(5-10(9)15)13-17-11-3-4-19-6-8(11)12(16)18-13/h1-2,5H,3-4,6H2,(H2,16,17,18). The molecule has 3 rings (SSSR count). The minimum Gasteiger partial charge on any atom is -0.383 e. The van der Waals surface area contributed by atoms with Gasteiger partial charge in [0.2, 0.25) is 0 Å². The van der Waals surface area contributed by atoms with Crippen molar-refractivity contribution in [2.45, 2.75) is 13.0 Å². The molecule has 98 valence electrons. The molecule has 0 amide bonds. The van der Waals surface area contributed by atoms with Gasteiger partial charge in [0.05, 0.1) is 23.4 Å². The molecule has 0 unspecified atom stereocenters. The Labute approximate surface area is 118 Å². The lowest BCUT2D eigenvalue weighted by Crippen LogP contribution is -2.16. The van der Waals surface area contributed by atoms with E-state index < -0.39 is 0 Å². The van der Waals surface area contributed by atoms with Crippen LogP contribution in [0.25, 0.3) is 11.4 Å². The van der Waals surface area contributed by atoms with E-state index in [1.54, 1.807) is 12.1 Å². The average molecular weight is 324 g/mol. The quantitative estimate of drug-likeness (QED) is 0.876. The first-order valence-corrected chi connectivity index (χ1v) is 6.63. The fourth-order valence-electron chi connectivity index (χ4n) is 2.02. The topological polar surface area (TPSA) is 61.0 Å². The van der Waals surface area contributed by atoms with Crippen LogP contribution in [0.1, 0.15) is 11.3 Å². The first-order valence-electron chi connectivity index (χ1n) is 5.83. The van der Waals surface area contributed by atoms with E-state index in [4.69, 9.17) is 10.5 Å². The zero-order valence-corrected chi connectivity index (χ0v) is 11.6. The third-order valence-electron chi connectivity index (χ3n) is 3.03. The number of hydrogen-bond acceptors (Lipinski definition) is 4. The normalized spacial score (nSPS) is 14.2. The van der Waals surface area contributed by atoms with Crippen LogP contribution >= 0.6 is 15.9 Å². The van der Waals surface area contributed by atoms with Gasteiger partial charge < -0.3 is 10.5 Å². The third kappa shape index (κ3) is 2.33. The Morgan fingerprint density at radius 2 is 2.16 bits per heavy atom. The molecule has 0 aliphatic carbocycles. The van der Waals surface area contributed by atoms with Crippen molar-refractivity contribution in [1.82, 2.24) is 9.97 Å². The summed E-state index contributed by atoms with van der Waals surface area (Å²) in [6.07, 6.45) is 0.702. The zero-order valence-electron chi connectivity index (χ0n) is 9.99. The minimum absolute atomic E-state index is 0.347. The molecule has 19 heavy (non-hydrogen) atoms. The average Bonchev–Trinajstić information content (AvgIpc) is 2.42. The number of aromatic nitrogens is 2. The molecule has 0 atom stereocenters. The Hall–Kier alpha value is -1.53. The maximum atomic E-state index is 13.6. The van der Waals surface area contributed by atoms with E-state index in [2.05, 4.69) is 25.9 Å². The van der Waals surface area contributed by atoms with Gasteiger partial charge in [0, 0.05) is 17.5 Å². The fourth-order valence-corrected chi connectivity index (χ4v) is 2.27. The summed E-state index contributed by atoms with van der Waals surface area (Å²) in [5.41, 5.74) is 8.25. The van der Waals surface area contributed by atoms with Crippen molar-refractivity contribution in [3.05, 3.63) is 39.7 Å². The summed E-state index contributed by atoms with van der Waals surface area (Å²) in [7, 11) is 0. The summed E-state index contributed by atoms with van der Waals surface area (Å²) >= 11 is 3.12. The second-order valence-electron chi connectivity index (χ2n) is 4.29. The summed E-state index contributed by atoms with van der Waals surface area (Å²) < 4.78 is 19.3. The highest BCUT2D eigenvalue weighted by Crippen LogP contribution is 2.26. The van der Waals surface area contributed by atoms with Crippen LogP contribution in [-0.4, -0.2) is 16.6 Å². The molecule has 0 fully saturated rings. The van der Waals surface area contributed by atoms with Gasteiger partial charge in [0.25, 0.3) is 0 Å². The van der Waals surface area contributed by atoms with Gasteiger partial charge >= 0.3 is 0 Å².